The number of rotatable bonds is 2. The van der Waals surface area contributed by atoms with E-state index in [-0.39, 0.29) is 11.4 Å². The maximum atomic E-state index is 10.8. The Hall–Kier alpha value is -2.30. The summed E-state index contributed by atoms with van der Waals surface area (Å²) in [7, 11) is 0. The number of pyridine rings is 1. The summed E-state index contributed by atoms with van der Waals surface area (Å²) in [6.45, 7) is 3.66. The van der Waals surface area contributed by atoms with Crippen molar-refractivity contribution in [3.63, 3.8) is 0 Å². The van der Waals surface area contributed by atoms with Gasteiger partial charge in [0.25, 0.3) is 0 Å². The van der Waals surface area contributed by atoms with Crippen LogP contribution in [0.1, 0.15) is 21.5 Å². The molecule has 17 heavy (non-hydrogen) atoms. The maximum absolute atomic E-state index is 10.8. The van der Waals surface area contributed by atoms with Crippen LogP contribution in [0.5, 0.6) is 5.88 Å². The van der Waals surface area contributed by atoms with Crippen LogP contribution < -0.4 is 0 Å². The molecule has 0 bridgehead atoms. The Morgan fingerprint density at radius 3 is 2.65 bits per heavy atom. The lowest BCUT2D eigenvalue weighted by molar-refractivity contribution is 0.0696. The van der Waals surface area contributed by atoms with Gasteiger partial charge in [0.2, 0.25) is 0 Å². The molecule has 5 heteroatoms. The van der Waals surface area contributed by atoms with E-state index in [2.05, 4.69) is 4.98 Å². The fraction of sp³-hybridized carbons (Fsp3) is 0.167. The minimum Gasteiger partial charge on any atom is -0.494 e. The molecule has 2 aromatic rings. The minimum atomic E-state index is -1.02. The van der Waals surface area contributed by atoms with E-state index in [9.17, 15) is 9.90 Å². The normalized spacial score (nSPS) is 10.5. The molecule has 0 spiro atoms. The van der Waals surface area contributed by atoms with E-state index in [0.29, 0.717) is 5.82 Å². The van der Waals surface area contributed by atoms with Crippen LogP contribution in [0.2, 0.25) is 0 Å². The lowest BCUT2D eigenvalue weighted by Crippen LogP contribution is -2.01. The fourth-order valence-electron chi connectivity index (χ4n) is 1.57. The van der Waals surface area contributed by atoms with Crippen molar-refractivity contribution in [2.45, 2.75) is 13.8 Å². The summed E-state index contributed by atoms with van der Waals surface area (Å²) in [6.07, 6.45) is 3.13. The third kappa shape index (κ3) is 1.87. The number of carboxylic acid groups (broad SMARTS) is 1. The average Bonchev–Trinajstić information content (AvgIpc) is 2.57. The number of nitrogens with zero attached hydrogens (tertiary/aromatic N) is 2. The number of carbonyl (C=O) groups is 1. The number of aromatic carboxylic acids is 1. The van der Waals surface area contributed by atoms with Crippen LogP contribution in [0, 0.1) is 13.8 Å². The second kappa shape index (κ2) is 3.93. The van der Waals surface area contributed by atoms with Gasteiger partial charge < -0.3 is 10.2 Å². The Labute approximate surface area is 98.0 Å². The highest BCUT2D eigenvalue weighted by molar-refractivity contribution is 5.87. The molecule has 88 valence electrons. The van der Waals surface area contributed by atoms with Crippen molar-refractivity contribution in [3.8, 4) is 11.7 Å². The van der Waals surface area contributed by atoms with Gasteiger partial charge in [-0.05, 0) is 31.5 Å². The summed E-state index contributed by atoms with van der Waals surface area (Å²) in [5.74, 6) is -0.551. The van der Waals surface area contributed by atoms with Crippen LogP contribution in [0.3, 0.4) is 0 Å². The smallest absolute Gasteiger partial charge is 0.335 e. The Morgan fingerprint density at radius 2 is 2.12 bits per heavy atom. The number of hydrogen-bond acceptors (Lipinski definition) is 3. The molecule has 0 saturated heterocycles. The van der Waals surface area contributed by atoms with Crippen molar-refractivity contribution in [1.82, 2.24) is 9.55 Å². The molecule has 2 aromatic heterocycles. The predicted octanol–water partition coefficient (Wildman–Crippen LogP) is 1.89. The van der Waals surface area contributed by atoms with Gasteiger partial charge in [-0.3, -0.25) is 4.57 Å². The van der Waals surface area contributed by atoms with Gasteiger partial charge in [0.1, 0.15) is 5.82 Å². The molecule has 0 aliphatic heterocycles. The molecule has 0 radical (unpaired) electrons. The summed E-state index contributed by atoms with van der Waals surface area (Å²) < 4.78 is 1.47. The summed E-state index contributed by atoms with van der Waals surface area (Å²) in [4.78, 5) is 14.9. The van der Waals surface area contributed by atoms with E-state index >= 15 is 0 Å². The van der Waals surface area contributed by atoms with Gasteiger partial charge in [0.15, 0.2) is 5.88 Å². The molecule has 2 heterocycles. The van der Waals surface area contributed by atoms with E-state index in [0.717, 1.165) is 11.1 Å². The third-order valence-corrected chi connectivity index (χ3v) is 2.72. The number of carboxylic acids is 1. The SMILES string of the molecule is Cc1cn(-c2cc(C(=O)O)ccn2)c(O)c1C. The monoisotopic (exact) mass is 232 g/mol. The van der Waals surface area contributed by atoms with E-state index in [4.69, 9.17) is 5.11 Å². The summed E-state index contributed by atoms with van der Waals surface area (Å²) >= 11 is 0. The van der Waals surface area contributed by atoms with Gasteiger partial charge >= 0.3 is 5.97 Å². The standard InChI is InChI=1S/C12H12N2O3/c1-7-6-14(11(15)8(7)2)10-5-9(12(16)17)3-4-13-10/h3-6,15H,1-2H3,(H,16,17). The molecule has 0 aliphatic carbocycles. The fourth-order valence-corrected chi connectivity index (χ4v) is 1.57. The first-order valence-electron chi connectivity index (χ1n) is 5.08. The zero-order valence-corrected chi connectivity index (χ0v) is 9.51. The summed E-state index contributed by atoms with van der Waals surface area (Å²) in [5.41, 5.74) is 1.82. The van der Waals surface area contributed by atoms with E-state index in [1.165, 1.54) is 22.9 Å². The Morgan fingerprint density at radius 1 is 1.41 bits per heavy atom. The maximum Gasteiger partial charge on any atom is 0.335 e. The van der Waals surface area contributed by atoms with Crippen molar-refractivity contribution in [1.29, 1.82) is 0 Å². The molecule has 0 fully saturated rings. The zero-order valence-electron chi connectivity index (χ0n) is 9.51. The number of aryl methyl sites for hydroxylation is 1. The second-order valence-electron chi connectivity index (χ2n) is 3.84. The highest BCUT2D eigenvalue weighted by Gasteiger charge is 2.12. The first-order valence-corrected chi connectivity index (χ1v) is 5.08. The highest BCUT2D eigenvalue weighted by atomic mass is 16.4. The topological polar surface area (TPSA) is 75.4 Å². The van der Waals surface area contributed by atoms with Gasteiger partial charge in [-0.2, -0.15) is 0 Å². The van der Waals surface area contributed by atoms with Crippen LogP contribution in [-0.2, 0) is 0 Å². The molecular formula is C12H12N2O3. The number of hydrogen-bond donors (Lipinski definition) is 2. The predicted molar refractivity (Wildman–Crippen MR) is 61.7 cm³/mol. The van der Waals surface area contributed by atoms with E-state index < -0.39 is 5.97 Å². The first kappa shape index (κ1) is 11.2. The molecule has 0 aliphatic rings. The van der Waals surface area contributed by atoms with Crippen LogP contribution in [0.4, 0.5) is 0 Å². The lowest BCUT2D eigenvalue weighted by atomic mass is 10.2. The third-order valence-electron chi connectivity index (χ3n) is 2.72. The minimum absolute atomic E-state index is 0.0811. The van der Waals surface area contributed by atoms with Crippen LogP contribution in [0.25, 0.3) is 5.82 Å². The molecule has 0 atom stereocenters. The molecular weight excluding hydrogens is 220 g/mol. The first-order chi connectivity index (χ1) is 8.00. The zero-order chi connectivity index (χ0) is 12.6. The van der Waals surface area contributed by atoms with Crippen LogP contribution in [0.15, 0.2) is 24.5 Å². The Bertz CT molecular complexity index is 587. The molecule has 0 amide bonds. The van der Waals surface area contributed by atoms with Gasteiger partial charge in [-0.25, -0.2) is 9.78 Å². The Balaban J connectivity index is 2.56. The van der Waals surface area contributed by atoms with Gasteiger partial charge in [0.05, 0.1) is 5.56 Å². The van der Waals surface area contributed by atoms with Crippen molar-refractivity contribution in [2.75, 3.05) is 0 Å². The lowest BCUT2D eigenvalue weighted by Gasteiger charge is -2.04. The Kier molecular flexibility index (Phi) is 2.59. The quantitative estimate of drug-likeness (QED) is 0.829. The second-order valence-corrected chi connectivity index (χ2v) is 3.84. The van der Waals surface area contributed by atoms with Crippen LogP contribution in [-0.4, -0.2) is 25.7 Å². The molecule has 5 nitrogen and oxygen atoms in total. The molecule has 0 aromatic carbocycles. The van der Waals surface area contributed by atoms with Crippen LogP contribution >= 0.6 is 0 Å². The van der Waals surface area contributed by atoms with Crippen molar-refractivity contribution in [3.05, 3.63) is 41.2 Å². The van der Waals surface area contributed by atoms with Gasteiger partial charge in [0, 0.05) is 18.0 Å². The molecule has 2 N–H and O–H groups in total. The molecule has 0 unspecified atom stereocenters. The van der Waals surface area contributed by atoms with E-state index in [1.54, 1.807) is 13.1 Å². The van der Waals surface area contributed by atoms with Crippen molar-refractivity contribution >= 4 is 5.97 Å². The van der Waals surface area contributed by atoms with Gasteiger partial charge in [-0.15, -0.1) is 0 Å². The van der Waals surface area contributed by atoms with Crippen molar-refractivity contribution < 1.29 is 15.0 Å². The molecule has 0 saturated carbocycles. The average molecular weight is 232 g/mol. The molecule has 2 rings (SSSR count). The summed E-state index contributed by atoms with van der Waals surface area (Å²) in [6, 6.07) is 2.83. The number of aromatic hydroxyl groups is 1. The van der Waals surface area contributed by atoms with E-state index in [1.807, 2.05) is 6.92 Å². The van der Waals surface area contributed by atoms with Gasteiger partial charge in [-0.1, -0.05) is 0 Å². The van der Waals surface area contributed by atoms with Crippen molar-refractivity contribution in [2.24, 2.45) is 0 Å². The summed E-state index contributed by atoms with van der Waals surface area (Å²) in [5, 5.41) is 18.8. The largest absolute Gasteiger partial charge is 0.494 e. The highest BCUT2D eigenvalue weighted by Crippen LogP contribution is 2.25. The number of aromatic nitrogens is 2.